The fourth-order valence-electron chi connectivity index (χ4n) is 1.03. The van der Waals surface area contributed by atoms with Crippen LogP contribution in [0.4, 0.5) is 5.82 Å². The van der Waals surface area contributed by atoms with Crippen LogP contribution in [0.25, 0.3) is 0 Å². The van der Waals surface area contributed by atoms with Crippen molar-refractivity contribution in [1.82, 2.24) is 9.97 Å². The Morgan fingerprint density at radius 3 is 2.32 bits per heavy atom. The third-order valence-electron chi connectivity index (χ3n) is 1.88. The van der Waals surface area contributed by atoms with E-state index in [0.29, 0.717) is 0 Å². The average molecular weight is 309 g/mol. The van der Waals surface area contributed by atoms with Crippen LogP contribution in [0.15, 0.2) is 12.4 Å². The van der Waals surface area contributed by atoms with Crippen LogP contribution in [-0.2, 0) is 19.9 Å². The molecule has 0 aliphatic carbocycles. The number of carboxylic acid groups (broad SMARTS) is 1. The van der Waals surface area contributed by atoms with E-state index < -0.39 is 48.8 Å². The van der Waals surface area contributed by atoms with Crippen LogP contribution in [-0.4, -0.2) is 55.6 Å². The number of hydrogen-bond acceptors (Lipinski definition) is 7. The van der Waals surface area contributed by atoms with E-state index in [1.165, 1.54) is 0 Å². The lowest BCUT2D eigenvalue weighted by molar-refractivity contribution is 0.0691. The Hall–Kier alpha value is -1.75. The molecule has 0 saturated heterocycles. The summed E-state index contributed by atoms with van der Waals surface area (Å²) in [7, 11) is -7.47. The summed E-state index contributed by atoms with van der Waals surface area (Å²) in [4.78, 5) is 17.8. The molecule has 106 valence electrons. The second kappa shape index (κ2) is 5.48. The number of sulfonamides is 1. The molecular formula is C8H11N3O6S2. The molecule has 0 unspecified atom stereocenters. The van der Waals surface area contributed by atoms with Gasteiger partial charge in [-0.25, -0.2) is 31.6 Å². The van der Waals surface area contributed by atoms with Crippen LogP contribution < -0.4 is 4.72 Å². The molecule has 0 aliphatic rings. The molecule has 0 amide bonds. The smallest absolute Gasteiger partial charge is 0.358 e. The lowest BCUT2D eigenvalue weighted by atomic mass is 10.4. The molecule has 1 heterocycles. The van der Waals surface area contributed by atoms with Crippen LogP contribution in [0.2, 0.25) is 0 Å². The molecule has 0 aliphatic heterocycles. The molecule has 0 radical (unpaired) electrons. The van der Waals surface area contributed by atoms with Crippen LogP contribution in [0.5, 0.6) is 0 Å². The third kappa shape index (κ3) is 5.18. The highest BCUT2D eigenvalue weighted by Gasteiger charge is 2.20. The zero-order valence-corrected chi connectivity index (χ0v) is 11.4. The van der Waals surface area contributed by atoms with Gasteiger partial charge < -0.3 is 5.11 Å². The van der Waals surface area contributed by atoms with E-state index >= 15 is 0 Å². The first-order chi connectivity index (χ1) is 8.61. The van der Waals surface area contributed by atoms with Gasteiger partial charge in [-0.3, -0.25) is 4.72 Å². The number of nitrogens with one attached hydrogen (secondary N) is 1. The molecule has 11 heteroatoms. The summed E-state index contributed by atoms with van der Waals surface area (Å²) in [6.07, 6.45) is 3.10. The summed E-state index contributed by atoms with van der Waals surface area (Å²) in [6, 6.07) is 0. The third-order valence-corrected chi connectivity index (χ3v) is 4.33. The summed E-state index contributed by atoms with van der Waals surface area (Å²) in [5, 5.41) is 8.79. The monoisotopic (exact) mass is 309 g/mol. The van der Waals surface area contributed by atoms with Crippen molar-refractivity contribution in [2.75, 3.05) is 22.5 Å². The second-order valence-electron chi connectivity index (χ2n) is 3.61. The highest BCUT2D eigenvalue weighted by Crippen LogP contribution is 2.10. The number of hydrogen-bond donors (Lipinski definition) is 2. The summed E-state index contributed by atoms with van der Waals surface area (Å²) in [5.41, 5.74) is -0.564. The van der Waals surface area contributed by atoms with Crippen molar-refractivity contribution in [1.29, 1.82) is 0 Å². The molecule has 0 aromatic carbocycles. The summed E-state index contributed by atoms with van der Waals surface area (Å²) in [6.45, 7) is 0. The molecule has 0 spiro atoms. The topological polar surface area (TPSA) is 143 Å². The van der Waals surface area contributed by atoms with E-state index in [9.17, 15) is 21.6 Å². The van der Waals surface area contributed by atoms with Gasteiger partial charge in [0.25, 0.3) is 0 Å². The highest BCUT2D eigenvalue weighted by molar-refractivity contribution is 7.95. The predicted octanol–water partition coefficient (Wildman–Crippen LogP) is -1.04. The number of carboxylic acids is 1. The number of anilines is 1. The van der Waals surface area contributed by atoms with Crippen molar-refractivity contribution in [2.24, 2.45) is 0 Å². The van der Waals surface area contributed by atoms with E-state index in [1.807, 2.05) is 4.72 Å². The average Bonchev–Trinajstić information content (AvgIpc) is 2.26. The van der Waals surface area contributed by atoms with Gasteiger partial charge in [0.05, 0.1) is 11.5 Å². The van der Waals surface area contributed by atoms with Crippen molar-refractivity contribution < 1.29 is 26.7 Å². The normalized spacial score (nSPS) is 12.1. The molecule has 0 saturated carbocycles. The standard InChI is InChI=1S/C8H11N3O6S2/c1-18(14,15)4-5-19(16,17)11-7-6(8(12)13)9-2-3-10-7/h2-3H,4-5H2,1H3,(H,10,11)(H,12,13). The van der Waals surface area contributed by atoms with Gasteiger partial charge in [-0.1, -0.05) is 0 Å². The minimum Gasteiger partial charge on any atom is -0.476 e. The van der Waals surface area contributed by atoms with Crippen LogP contribution >= 0.6 is 0 Å². The largest absolute Gasteiger partial charge is 0.476 e. The number of aromatic carboxylic acids is 1. The minimum absolute atomic E-state index is 0.455. The van der Waals surface area contributed by atoms with E-state index in [1.54, 1.807) is 0 Å². The SMILES string of the molecule is CS(=O)(=O)CCS(=O)(=O)Nc1nccnc1C(=O)O. The number of sulfone groups is 1. The van der Waals surface area contributed by atoms with Gasteiger partial charge in [-0.05, 0) is 0 Å². The first kappa shape index (κ1) is 15.3. The van der Waals surface area contributed by atoms with E-state index in [-0.39, 0.29) is 0 Å². The van der Waals surface area contributed by atoms with Gasteiger partial charge in [0.15, 0.2) is 11.5 Å². The molecule has 9 nitrogen and oxygen atoms in total. The van der Waals surface area contributed by atoms with Crippen molar-refractivity contribution in [2.45, 2.75) is 0 Å². The Labute approximate surface area is 109 Å². The van der Waals surface area contributed by atoms with Gasteiger partial charge in [0, 0.05) is 18.6 Å². The van der Waals surface area contributed by atoms with Crippen molar-refractivity contribution >= 4 is 31.6 Å². The zero-order valence-electron chi connectivity index (χ0n) is 9.77. The Bertz CT molecular complexity index is 682. The quantitative estimate of drug-likeness (QED) is 0.678. The first-order valence-electron chi connectivity index (χ1n) is 4.83. The molecule has 0 fully saturated rings. The number of aromatic nitrogens is 2. The Kier molecular flexibility index (Phi) is 4.42. The molecular weight excluding hydrogens is 298 g/mol. The predicted molar refractivity (Wildman–Crippen MR) is 66.1 cm³/mol. The van der Waals surface area contributed by atoms with Gasteiger partial charge >= 0.3 is 5.97 Å². The molecule has 1 aromatic rings. The zero-order chi connectivity index (χ0) is 14.7. The summed E-state index contributed by atoms with van der Waals surface area (Å²) >= 11 is 0. The Morgan fingerprint density at radius 1 is 1.21 bits per heavy atom. The molecule has 1 rings (SSSR count). The lowest BCUT2D eigenvalue weighted by Crippen LogP contribution is -2.24. The number of rotatable bonds is 6. The van der Waals surface area contributed by atoms with Crippen molar-refractivity contribution in [3.05, 3.63) is 18.1 Å². The van der Waals surface area contributed by atoms with Gasteiger partial charge in [0.1, 0.15) is 9.84 Å². The molecule has 1 aromatic heterocycles. The lowest BCUT2D eigenvalue weighted by Gasteiger charge is -2.07. The molecule has 0 atom stereocenters. The van der Waals surface area contributed by atoms with Crippen molar-refractivity contribution in [3.8, 4) is 0 Å². The van der Waals surface area contributed by atoms with E-state index in [0.717, 1.165) is 18.6 Å². The fourth-order valence-corrected chi connectivity index (χ4v) is 3.66. The molecule has 2 N–H and O–H groups in total. The van der Waals surface area contributed by atoms with Crippen molar-refractivity contribution in [3.63, 3.8) is 0 Å². The van der Waals surface area contributed by atoms with Crippen LogP contribution in [0.1, 0.15) is 10.5 Å². The van der Waals surface area contributed by atoms with Crippen LogP contribution in [0, 0.1) is 0 Å². The fraction of sp³-hybridized carbons (Fsp3) is 0.375. The van der Waals surface area contributed by atoms with E-state index in [2.05, 4.69) is 9.97 Å². The Morgan fingerprint density at radius 2 is 1.79 bits per heavy atom. The van der Waals surface area contributed by atoms with Gasteiger partial charge in [0.2, 0.25) is 10.0 Å². The Balaban J connectivity index is 2.93. The number of nitrogens with zero attached hydrogens (tertiary/aromatic N) is 2. The van der Waals surface area contributed by atoms with E-state index in [4.69, 9.17) is 5.11 Å². The summed E-state index contributed by atoms with van der Waals surface area (Å²) in [5.74, 6) is -3.18. The maximum absolute atomic E-state index is 11.6. The van der Waals surface area contributed by atoms with Crippen LogP contribution in [0.3, 0.4) is 0 Å². The molecule has 0 bridgehead atoms. The van der Waals surface area contributed by atoms with Gasteiger partial charge in [-0.2, -0.15) is 0 Å². The van der Waals surface area contributed by atoms with Gasteiger partial charge in [-0.15, -0.1) is 0 Å². The first-order valence-corrected chi connectivity index (χ1v) is 8.54. The maximum atomic E-state index is 11.6. The maximum Gasteiger partial charge on any atom is 0.358 e. The number of carbonyl (C=O) groups is 1. The highest BCUT2D eigenvalue weighted by atomic mass is 32.2. The second-order valence-corrected chi connectivity index (χ2v) is 7.71. The summed E-state index contributed by atoms with van der Waals surface area (Å²) < 4.78 is 46.8. The molecule has 19 heavy (non-hydrogen) atoms. The minimum atomic E-state index is -4.02.